The van der Waals surface area contributed by atoms with E-state index in [1.807, 2.05) is 0 Å². The molecule has 0 amide bonds. The molecule has 2 aliphatic carbocycles. The maximum Gasteiger partial charge on any atom is 0.160 e. The molecule has 1 aromatic rings. The molecule has 0 radical (unpaired) electrons. The molecule has 3 rings (SSSR count). The number of nitrogens with zero attached hydrogens (tertiary/aromatic N) is 1. The fraction of sp³-hybridized carbons (Fsp3) is 0.400. The number of nitrogens with two attached hydrogens (primary N) is 1. The van der Waals surface area contributed by atoms with Crippen LogP contribution in [0.5, 0.6) is 0 Å². The lowest BCUT2D eigenvalue weighted by molar-refractivity contribution is -0.115. The Balaban J connectivity index is 1.78. The number of hydrogen-bond donors (Lipinski definition) is 4. The number of rotatable bonds is 8. The summed E-state index contributed by atoms with van der Waals surface area (Å²) in [5.41, 5.74) is 11.9. The van der Waals surface area contributed by atoms with Gasteiger partial charge in [-0.3, -0.25) is 14.5 Å². The van der Waals surface area contributed by atoms with Crippen LogP contribution in [0.1, 0.15) is 42.0 Å². The number of aliphatic imine (C=N–C) groups is 1. The van der Waals surface area contributed by atoms with Crippen LogP contribution in [0.3, 0.4) is 0 Å². The van der Waals surface area contributed by atoms with Crippen molar-refractivity contribution < 1.29 is 9.00 Å². The second-order valence-electron chi connectivity index (χ2n) is 7.24. The largest absolute Gasteiger partial charge is 0.403 e. The van der Waals surface area contributed by atoms with Gasteiger partial charge in [0.2, 0.25) is 0 Å². The highest BCUT2D eigenvalue weighted by molar-refractivity contribution is 7.95. The van der Waals surface area contributed by atoms with Crippen molar-refractivity contribution in [3.05, 3.63) is 51.8 Å². The van der Waals surface area contributed by atoms with Crippen LogP contribution in [0.15, 0.2) is 34.6 Å². The fourth-order valence-electron chi connectivity index (χ4n) is 3.85. The summed E-state index contributed by atoms with van der Waals surface area (Å²) in [6, 6.07) is 2.33. The number of Topliss-reactive ketones (excluding diaryl/α,β-unsaturated/α-hetero) is 1. The van der Waals surface area contributed by atoms with Gasteiger partial charge >= 0.3 is 0 Å². The van der Waals surface area contributed by atoms with Gasteiger partial charge in [0.15, 0.2) is 15.7 Å². The van der Waals surface area contributed by atoms with Crippen molar-refractivity contribution in [3.8, 4) is 0 Å². The number of fused-ring (bicyclic) bond motifs is 2. The molecule has 28 heavy (non-hydrogen) atoms. The minimum atomic E-state index is -3.45. The van der Waals surface area contributed by atoms with Gasteiger partial charge in [-0.1, -0.05) is 12.6 Å². The summed E-state index contributed by atoms with van der Waals surface area (Å²) >= 11 is 0. The first-order valence-corrected chi connectivity index (χ1v) is 11.0. The number of allylic oxidation sites excluding steroid dienone is 1. The Kier molecular flexibility index (Phi) is 5.88. The number of ketones is 1. The summed E-state index contributed by atoms with van der Waals surface area (Å²) in [6.45, 7) is 5.28. The lowest BCUT2D eigenvalue weighted by Gasteiger charge is -2.20. The number of carbonyl (C=O) groups is 1. The molecule has 0 saturated heterocycles. The molecule has 8 heteroatoms. The molecule has 1 aromatic carbocycles. The monoisotopic (exact) mass is 401 g/mol. The molecule has 150 valence electrons. The van der Waals surface area contributed by atoms with Gasteiger partial charge in [0.25, 0.3) is 0 Å². The first-order chi connectivity index (χ1) is 13.3. The molecule has 2 aliphatic rings. The minimum absolute atomic E-state index is 0.000203. The van der Waals surface area contributed by atoms with Gasteiger partial charge in [-0.15, -0.1) is 0 Å². The molecule has 0 spiro atoms. The molecule has 0 fully saturated rings. The van der Waals surface area contributed by atoms with Gasteiger partial charge in [0.1, 0.15) is 10.7 Å². The van der Waals surface area contributed by atoms with Crippen molar-refractivity contribution in [2.24, 2.45) is 10.7 Å². The Labute approximate surface area is 166 Å². The first kappa shape index (κ1) is 20.1. The van der Waals surface area contributed by atoms with Crippen LogP contribution in [-0.4, -0.2) is 22.8 Å². The fourth-order valence-corrected chi connectivity index (χ4v) is 4.78. The van der Waals surface area contributed by atoms with E-state index >= 15 is 0 Å². The van der Waals surface area contributed by atoms with E-state index in [9.17, 15) is 9.00 Å². The lowest BCUT2D eigenvalue weighted by Crippen LogP contribution is -2.28. The summed E-state index contributed by atoms with van der Waals surface area (Å²) in [5.74, 6) is 0.156. The molecule has 0 aromatic heterocycles. The molecule has 0 aliphatic heterocycles. The van der Waals surface area contributed by atoms with Crippen molar-refractivity contribution in [2.45, 2.75) is 45.4 Å². The van der Waals surface area contributed by atoms with E-state index in [1.165, 1.54) is 35.4 Å². The highest BCUT2D eigenvalue weighted by atomic mass is 32.2. The third-order valence-electron chi connectivity index (χ3n) is 5.04. The van der Waals surface area contributed by atoms with E-state index in [0.717, 1.165) is 50.4 Å². The van der Waals surface area contributed by atoms with Crippen molar-refractivity contribution >= 4 is 27.6 Å². The van der Waals surface area contributed by atoms with Crippen LogP contribution < -0.4 is 15.8 Å². The normalized spacial score (nSPS) is 17.8. The predicted molar refractivity (Wildman–Crippen MR) is 114 cm³/mol. The molecular weight excluding hydrogens is 374 g/mol. The van der Waals surface area contributed by atoms with E-state index in [4.69, 9.17) is 10.5 Å². The number of aryl methyl sites for hydroxylation is 2. The van der Waals surface area contributed by atoms with Gasteiger partial charge in [0, 0.05) is 18.1 Å². The zero-order chi connectivity index (χ0) is 20.3. The summed E-state index contributed by atoms with van der Waals surface area (Å²) in [7, 11) is -3.45. The minimum Gasteiger partial charge on any atom is -0.403 e. The van der Waals surface area contributed by atoms with Gasteiger partial charge in [0.05, 0.1) is 6.54 Å². The standard InChI is InChI=1S/C20H27N5O2S/c1-13(26)11-23-12-17(10-21)28(22,27)25-14(2)24-20-18-7-3-5-15(18)9-16-6-4-8-19(16)20/h9-10,12,24H,2-8,11,21H2,1H3,(H2,22,25,27). The van der Waals surface area contributed by atoms with Crippen LogP contribution in [0.2, 0.25) is 0 Å². The zero-order valence-corrected chi connectivity index (χ0v) is 17.0. The Morgan fingerprint density at radius 1 is 1.29 bits per heavy atom. The number of hydrogen-bond acceptors (Lipinski definition) is 6. The van der Waals surface area contributed by atoms with Gasteiger partial charge in [-0.25, -0.2) is 8.99 Å². The summed E-state index contributed by atoms with van der Waals surface area (Å²) in [6.07, 6.45) is 8.73. The van der Waals surface area contributed by atoms with Crippen molar-refractivity contribution in [1.29, 1.82) is 4.78 Å². The number of carbonyl (C=O) groups excluding carboxylic acids is 1. The Morgan fingerprint density at radius 2 is 1.89 bits per heavy atom. The number of anilines is 1. The van der Waals surface area contributed by atoms with Gasteiger partial charge < -0.3 is 11.1 Å². The molecule has 0 heterocycles. The van der Waals surface area contributed by atoms with Crippen LogP contribution >= 0.6 is 0 Å². The van der Waals surface area contributed by atoms with Crippen LogP contribution in [0, 0.1) is 4.78 Å². The quantitative estimate of drug-likeness (QED) is 0.500. The topological polar surface area (TPSA) is 120 Å². The predicted octanol–water partition coefficient (Wildman–Crippen LogP) is 2.56. The van der Waals surface area contributed by atoms with E-state index < -0.39 is 9.92 Å². The maximum absolute atomic E-state index is 12.8. The van der Waals surface area contributed by atoms with Gasteiger partial charge in [-0.2, -0.15) is 0 Å². The Bertz CT molecular complexity index is 945. The third kappa shape index (κ3) is 4.27. The van der Waals surface area contributed by atoms with E-state index in [0.29, 0.717) is 0 Å². The van der Waals surface area contributed by atoms with E-state index in [1.54, 1.807) is 0 Å². The van der Waals surface area contributed by atoms with Crippen LogP contribution in [0.25, 0.3) is 0 Å². The third-order valence-corrected chi connectivity index (χ3v) is 6.48. The van der Waals surface area contributed by atoms with Crippen LogP contribution in [-0.2, 0) is 40.4 Å². The average molecular weight is 402 g/mol. The Hall–Kier alpha value is -2.61. The molecule has 1 atom stereocenters. The molecule has 0 saturated carbocycles. The molecule has 0 bridgehead atoms. The smallest absolute Gasteiger partial charge is 0.160 e. The summed E-state index contributed by atoms with van der Waals surface area (Å²) in [4.78, 5) is 14.9. The lowest BCUT2D eigenvalue weighted by atomic mass is 9.99. The zero-order valence-electron chi connectivity index (χ0n) is 16.1. The average Bonchev–Trinajstić information content (AvgIpc) is 3.26. The first-order valence-electron chi connectivity index (χ1n) is 9.42. The Morgan fingerprint density at radius 3 is 2.43 bits per heavy atom. The maximum atomic E-state index is 12.8. The van der Waals surface area contributed by atoms with Crippen molar-refractivity contribution in [3.63, 3.8) is 0 Å². The summed E-state index contributed by atoms with van der Waals surface area (Å²) < 4.78 is 23.6. The second-order valence-corrected chi connectivity index (χ2v) is 9.02. The highest BCUT2D eigenvalue weighted by Gasteiger charge is 2.24. The number of nitrogens with one attached hydrogen (secondary N) is 3. The molecular formula is C20H27N5O2S. The highest BCUT2D eigenvalue weighted by Crippen LogP contribution is 2.38. The van der Waals surface area contributed by atoms with E-state index in [-0.39, 0.29) is 23.1 Å². The molecule has 5 N–H and O–H groups in total. The molecule has 1 unspecified atom stereocenters. The van der Waals surface area contributed by atoms with Crippen LogP contribution in [0.4, 0.5) is 5.69 Å². The van der Waals surface area contributed by atoms with Crippen molar-refractivity contribution in [1.82, 2.24) is 4.72 Å². The van der Waals surface area contributed by atoms with Crippen molar-refractivity contribution in [2.75, 3.05) is 11.9 Å². The second kappa shape index (κ2) is 8.18. The van der Waals surface area contributed by atoms with E-state index in [2.05, 4.69) is 27.7 Å². The van der Waals surface area contributed by atoms with Gasteiger partial charge in [-0.05, 0) is 67.7 Å². The SMILES string of the molecule is C=C(Nc1c2c(cc3c1CCC3)CCC2)NS(=N)(=O)C(C=NCC(C)=O)=CN. The number of benzene rings is 1. The summed E-state index contributed by atoms with van der Waals surface area (Å²) in [5, 5.41) is 3.28. The molecule has 7 nitrogen and oxygen atoms in total.